The monoisotopic (exact) mass is 170 g/mol. The van der Waals surface area contributed by atoms with E-state index in [1.807, 2.05) is 0 Å². The molecule has 12 heavy (non-hydrogen) atoms. The molecule has 0 heterocycles. The number of ether oxygens (including phenoxy) is 2. The van der Waals surface area contributed by atoms with Crippen molar-refractivity contribution < 1.29 is 14.3 Å². The predicted molar refractivity (Wildman–Crippen MR) is 45.5 cm³/mol. The molecule has 0 aliphatic heterocycles. The van der Waals surface area contributed by atoms with Crippen molar-refractivity contribution in [1.82, 2.24) is 0 Å². The Kier molecular flexibility index (Phi) is 6.12. The molecule has 0 aromatic carbocycles. The summed E-state index contributed by atoms with van der Waals surface area (Å²) in [6.07, 6.45) is 0.349. The lowest BCUT2D eigenvalue weighted by Crippen LogP contribution is -2.09. The Bertz CT molecular complexity index is 188. The van der Waals surface area contributed by atoms with E-state index in [1.54, 1.807) is 14.0 Å². The fourth-order valence-electron chi connectivity index (χ4n) is 0.647. The van der Waals surface area contributed by atoms with E-state index in [0.717, 1.165) is 0 Å². The molecular formula is C9H14O3. The van der Waals surface area contributed by atoms with Crippen LogP contribution in [-0.2, 0) is 14.3 Å². The zero-order chi connectivity index (χ0) is 9.40. The van der Waals surface area contributed by atoms with E-state index in [1.165, 1.54) is 6.92 Å². The van der Waals surface area contributed by atoms with Crippen LogP contribution in [0.1, 0.15) is 20.3 Å². The van der Waals surface area contributed by atoms with Crippen LogP contribution in [0.15, 0.2) is 0 Å². The van der Waals surface area contributed by atoms with Crippen molar-refractivity contribution >= 4 is 5.97 Å². The third-order valence-corrected chi connectivity index (χ3v) is 1.08. The molecule has 0 aromatic rings. The molecule has 0 amide bonds. The highest BCUT2D eigenvalue weighted by Crippen LogP contribution is 1.88. The van der Waals surface area contributed by atoms with Gasteiger partial charge in [-0.2, -0.15) is 0 Å². The second-order valence-electron chi connectivity index (χ2n) is 2.32. The van der Waals surface area contributed by atoms with Gasteiger partial charge in [-0.15, -0.1) is 0 Å². The van der Waals surface area contributed by atoms with Crippen LogP contribution in [0.25, 0.3) is 0 Å². The van der Waals surface area contributed by atoms with Crippen molar-refractivity contribution in [3.05, 3.63) is 0 Å². The van der Waals surface area contributed by atoms with Gasteiger partial charge in [0.25, 0.3) is 0 Å². The summed E-state index contributed by atoms with van der Waals surface area (Å²) in [4.78, 5) is 10.4. The Morgan fingerprint density at radius 3 is 2.75 bits per heavy atom. The first-order valence-corrected chi connectivity index (χ1v) is 3.81. The van der Waals surface area contributed by atoms with Crippen molar-refractivity contribution in [2.24, 2.45) is 0 Å². The predicted octanol–water partition coefficient (Wildman–Crippen LogP) is 0.978. The maximum Gasteiger partial charge on any atom is 0.303 e. The van der Waals surface area contributed by atoms with E-state index < -0.39 is 0 Å². The minimum atomic E-state index is -0.320. The molecule has 0 aliphatic rings. The average Bonchev–Trinajstić information content (AvgIpc) is 1.97. The maximum absolute atomic E-state index is 10.4. The lowest BCUT2D eigenvalue weighted by molar-refractivity contribution is -0.143. The number of hydrogen-bond donors (Lipinski definition) is 0. The van der Waals surface area contributed by atoms with Crippen LogP contribution in [0.5, 0.6) is 0 Å². The van der Waals surface area contributed by atoms with Gasteiger partial charge in [-0.3, -0.25) is 4.79 Å². The first-order chi connectivity index (χ1) is 5.66. The zero-order valence-electron chi connectivity index (χ0n) is 7.72. The molecule has 0 aromatic heterocycles. The van der Waals surface area contributed by atoms with E-state index in [4.69, 9.17) is 9.47 Å². The Hall–Kier alpha value is -1.01. The molecule has 3 nitrogen and oxygen atoms in total. The molecule has 1 unspecified atom stereocenters. The molecule has 0 saturated heterocycles. The summed E-state index contributed by atoms with van der Waals surface area (Å²) >= 11 is 0. The highest BCUT2D eigenvalue weighted by Gasteiger charge is 1.98. The van der Waals surface area contributed by atoms with Crippen molar-refractivity contribution in [2.75, 3.05) is 13.7 Å². The van der Waals surface area contributed by atoms with Crippen LogP contribution in [0.2, 0.25) is 0 Å². The first kappa shape index (κ1) is 11.0. The fraction of sp³-hybridized carbons (Fsp3) is 0.667. The zero-order valence-corrected chi connectivity index (χ0v) is 7.72. The topological polar surface area (TPSA) is 35.5 Å². The van der Waals surface area contributed by atoms with E-state index in [-0.39, 0.29) is 12.1 Å². The SMILES string of the molecule is COCCC#CC(C)OC(C)=O. The van der Waals surface area contributed by atoms with Gasteiger partial charge in [0.15, 0.2) is 6.10 Å². The van der Waals surface area contributed by atoms with Crippen LogP contribution in [0.3, 0.4) is 0 Å². The number of carbonyl (C=O) groups excluding carboxylic acids is 1. The molecule has 0 N–H and O–H groups in total. The Morgan fingerprint density at radius 1 is 1.58 bits per heavy atom. The second kappa shape index (κ2) is 6.68. The number of carbonyl (C=O) groups is 1. The van der Waals surface area contributed by atoms with Gasteiger partial charge in [-0.25, -0.2) is 0 Å². The van der Waals surface area contributed by atoms with E-state index >= 15 is 0 Å². The molecule has 1 atom stereocenters. The van der Waals surface area contributed by atoms with Gasteiger partial charge >= 0.3 is 5.97 Å². The van der Waals surface area contributed by atoms with Crippen LogP contribution in [0, 0.1) is 11.8 Å². The van der Waals surface area contributed by atoms with Crippen LogP contribution in [0.4, 0.5) is 0 Å². The summed E-state index contributed by atoms with van der Waals surface area (Å²) in [6, 6.07) is 0. The van der Waals surface area contributed by atoms with E-state index in [9.17, 15) is 4.79 Å². The molecule has 0 spiro atoms. The number of hydrogen-bond acceptors (Lipinski definition) is 3. The van der Waals surface area contributed by atoms with Crippen LogP contribution >= 0.6 is 0 Å². The lowest BCUT2D eigenvalue weighted by atomic mass is 10.3. The second-order valence-corrected chi connectivity index (χ2v) is 2.32. The summed E-state index contributed by atoms with van der Waals surface area (Å²) < 4.78 is 9.57. The minimum absolute atomic E-state index is 0.302. The molecule has 0 radical (unpaired) electrons. The van der Waals surface area contributed by atoms with E-state index in [0.29, 0.717) is 13.0 Å². The number of esters is 1. The van der Waals surface area contributed by atoms with Gasteiger partial charge in [0, 0.05) is 20.5 Å². The van der Waals surface area contributed by atoms with Crippen LogP contribution in [-0.4, -0.2) is 25.8 Å². The van der Waals surface area contributed by atoms with Gasteiger partial charge in [-0.05, 0) is 6.92 Å². The van der Waals surface area contributed by atoms with Crippen molar-refractivity contribution in [2.45, 2.75) is 26.4 Å². The molecule has 3 heteroatoms. The lowest BCUT2D eigenvalue weighted by Gasteiger charge is -2.02. The number of methoxy groups -OCH3 is 1. The van der Waals surface area contributed by atoms with Gasteiger partial charge in [0.1, 0.15) is 0 Å². The van der Waals surface area contributed by atoms with Crippen molar-refractivity contribution in [1.29, 1.82) is 0 Å². The highest BCUT2D eigenvalue weighted by molar-refractivity contribution is 5.66. The Balaban J connectivity index is 3.56. The molecule has 0 fully saturated rings. The van der Waals surface area contributed by atoms with Gasteiger partial charge in [-0.1, -0.05) is 11.8 Å². The van der Waals surface area contributed by atoms with Crippen molar-refractivity contribution in [3.63, 3.8) is 0 Å². The summed E-state index contributed by atoms with van der Waals surface area (Å²) in [7, 11) is 1.62. The Labute approximate surface area is 73.0 Å². The normalized spacial score (nSPS) is 11.2. The standard InChI is InChI=1S/C9H14O3/c1-8(12-9(2)10)6-4-5-7-11-3/h8H,5,7H2,1-3H3. The summed E-state index contributed by atoms with van der Waals surface area (Å²) in [5.41, 5.74) is 0. The molecule has 0 rings (SSSR count). The molecule has 68 valence electrons. The third-order valence-electron chi connectivity index (χ3n) is 1.08. The molecule has 0 aliphatic carbocycles. The Morgan fingerprint density at radius 2 is 2.25 bits per heavy atom. The van der Waals surface area contributed by atoms with Gasteiger partial charge in [0.2, 0.25) is 0 Å². The largest absolute Gasteiger partial charge is 0.450 e. The molecule has 0 bridgehead atoms. The fourth-order valence-corrected chi connectivity index (χ4v) is 0.647. The average molecular weight is 170 g/mol. The summed E-state index contributed by atoms with van der Waals surface area (Å²) in [5.74, 6) is 5.31. The van der Waals surface area contributed by atoms with E-state index in [2.05, 4.69) is 11.8 Å². The summed E-state index contributed by atoms with van der Waals surface area (Å²) in [6.45, 7) is 3.72. The van der Waals surface area contributed by atoms with Crippen LogP contribution < -0.4 is 0 Å². The maximum atomic E-state index is 10.4. The quantitative estimate of drug-likeness (QED) is 0.360. The highest BCUT2D eigenvalue weighted by atomic mass is 16.5. The minimum Gasteiger partial charge on any atom is -0.450 e. The van der Waals surface area contributed by atoms with Gasteiger partial charge in [0.05, 0.1) is 6.61 Å². The number of rotatable bonds is 3. The van der Waals surface area contributed by atoms with Crippen molar-refractivity contribution in [3.8, 4) is 11.8 Å². The summed E-state index contributed by atoms with van der Waals surface area (Å²) in [5, 5.41) is 0. The first-order valence-electron chi connectivity index (χ1n) is 3.81. The smallest absolute Gasteiger partial charge is 0.303 e. The van der Waals surface area contributed by atoms with Gasteiger partial charge < -0.3 is 9.47 Å². The molecular weight excluding hydrogens is 156 g/mol. The third kappa shape index (κ3) is 7.10. The molecule has 0 saturated carbocycles.